The van der Waals surface area contributed by atoms with Crippen LogP contribution in [0.15, 0.2) is 22.9 Å². The van der Waals surface area contributed by atoms with Crippen LogP contribution < -0.4 is 0 Å². The van der Waals surface area contributed by atoms with Gasteiger partial charge in [-0.25, -0.2) is 4.79 Å². The zero-order valence-corrected chi connectivity index (χ0v) is 7.34. The van der Waals surface area contributed by atoms with Gasteiger partial charge in [-0.3, -0.25) is 5.10 Å². The lowest BCUT2D eigenvalue weighted by molar-refractivity contribution is 0.0690. The highest BCUT2D eigenvalue weighted by Crippen LogP contribution is 2.20. The number of aromatic carboxylic acids is 1. The Bertz CT molecular complexity index is 419. The summed E-state index contributed by atoms with van der Waals surface area (Å²) in [6.45, 7) is 0. The zero-order valence-electron chi connectivity index (χ0n) is 6.52. The Labute approximate surface area is 77.8 Å². The van der Waals surface area contributed by atoms with Crippen LogP contribution >= 0.6 is 11.3 Å². The molecule has 0 aliphatic heterocycles. The van der Waals surface area contributed by atoms with Crippen LogP contribution in [-0.4, -0.2) is 21.3 Å². The molecular weight excluding hydrogens is 188 g/mol. The summed E-state index contributed by atoms with van der Waals surface area (Å²) < 4.78 is 0. The van der Waals surface area contributed by atoms with E-state index in [0.29, 0.717) is 0 Å². The van der Waals surface area contributed by atoms with Crippen molar-refractivity contribution in [2.24, 2.45) is 0 Å². The number of H-pyrrole nitrogens is 1. The first-order chi connectivity index (χ1) is 6.27. The van der Waals surface area contributed by atoms with E-state index in [1.807, 2.05) is 16.8 Å². The predicted molar refractivity (Wildman–Crippen MR) is 48.9 cm³/mol. The minimum Gasteiger partial charge on any atom is -0.476 e. The number of aromatic nitrogens is 2. The third kappa shape index (κ3) is 1.46. The number of carboxylic acids is 1. The van der Waals surface area contributed by atoms with Gasteiger partial charge in [0.15, 0.2) is 5.69 Å². The van der Waals surface area contributed by atoms with Gasteiger partial charge in [-0.05, 0) is 17.5 Å². The summed E-state index contributed by atoms with van der Waals surface area (Å²) in [7, 11) is 0. The topological polar surface area (TPSA) is 66.0 Å². The minimum atomic E-state index is -1.02. The number of carbonyl (C=O) groups is 1. The maximum atomic E-state index is 10.5. The molecule has 13 heavy (non-hydrogen) atoms. The summed E-state index contributed by atoms with van der Waals surface area (Å²) in [5, 5.41) is 18.8. The van der Waals surface area contributed by atoms with E-state index in [0.717, 1.165) is 11.3 Å². The Morgan fingerprint density at radius 2 is 2.46 bits per heavy atom. The first kappa shape index (κ1) is 8.00. The van der Waals surface area contributed by atoms with Crippen LogP contribution in [0.2, 0.25) is 0 Å². The fourth-order valence-electron chi connectivity index (χ4n) is 0.997. The highest BCUT2D eigenvalue weighted by Gasteiger charge is 2.08. The molecule has 2 rings (SSSR count). The lowest BCUT2D eigenvalue weighted by Gasteiger charge is -1.86. The number of hydrogen-bond donors (Lipinski definition) is 2. The molecule has 0 aromatic carbocycles. The average Bonchev–Trinajstić information content (AvgIpc) is 2.75. The molecule has 0 spiro atoms. The van der Waals surface area contributed by atoms with Crippen LogP contribution in [-0.2, 0) is 0 Å². The van der Waals surface area contributed by atoms with Crippen LogP contribution in [0.3, 0.4) is 0 Å². The molecule has 2 heterocycles. The largest absolute Gasteiger partial charge is 0.476 e. The van der Waals surface area contributed by atoms with Crippen LogP contribution in [0.1, 0.15) is 10.5 Å². The smallest absolute Gasteiger partial charge is 0.356 e. The number of aromatic amines is 1. The van der Waals surface area contributed by atoms with Gasteiger partial charge in [-0.2, -0.15) is 16.4 Å². The van der Waals surface area contributed by atoms with Gasteiger partial charge in [-0.1, -0.05) is 0 Å². The molecule has 4 nitrogen and oxygen atoms in total. The lowest BCUT2D eigenvalue weighted by Crippen LogP contribution is -1.95. The van der Waals surface area contributed by atoms with E-state index in [2.05, 4.69) is 10.2 Å². The van der Waals surface area contributed by atoms with Gasteiger partial charge in [-0.15, -0.1) is 0 Å². The van der Waals surface area contributed by atoms with Crippen molar-refractivity contribution >= 4 is 17.3 Å². The maximum Gasteiger partial charge on any atom is 0.356 e. The normalized spacial score (nSPS) is 10.2. The van der Waals surface area contributed by atoms with Gasteiger partial charge < -0.3 is 5.11 Å². The first-order valence-electron chi connectivity index (χ1n) is 3.58. The van der Waals surface area contributed by atoms with Crippen molar-refractivity contribution in [3.05, 3.63) is 28.6 Å². The van der Waals surface area contributed by atoms with E-state index < -0.39 is 5.97 Å². The van der Waals surface area contributed by atoms with Gasteiger partial charge in [0, 0.05) is 10.9 Å². The fourth-order valence-corrected chi connectivity index (χ4v) is 1.65. The van der Waals surface area contributed by atoms with Crippen molar-refractivity contribution in [1.82, 2.24) is 10.2 Å². The van der Waals surface area contributed by atoms with Crippen LogP contribution in [0.25, 0.3) is 11.3 Å². The van der Waals surface area contributed by atoms with E-state index in [1.165, 1.54) is 6.07 Å². The number of nitrogens with zero attached hydrogens (tertiary/aromatic N) is 1. The van der Waals surface area contributed by atoms with Crippen molar-refractivity contribution in [3.8, 4) is 11.3 Å². The maximum absolute atomic E-state index is 10.5. The van der Waals surface area contributed by atoms with Crippen molar-refractivity contribution < 1.29 is 9.90 Å². The Morgan fingerprint density at radius 1 is 1.62 bits per heavy atom. The number of rotatable bonds is 2. The summed E-state index contributed by atoms with van der Waals surface area (Å²) >= 11 is 1.56. The second kappa shape index (κ2) is 3.02. The van der Waals surface area contributed by atoms with Gasteiger partial charge in [0.2, 0.25) is 0 Å². The van der Waals surface area contributed by atoms with Crippen molar-refractivity contribution in [1.29, 1.82) is 0 Å². The molecule has 0 saturated heterocycles. The highest BCUT2D eigenvalue weighted by atomic mass is 32.1. The summed E-state index contributed by atoms with van der Waals surface area (Å²) in [4.78, 5) is 10.5. The second-order valence-corrected chi connectivity index (χ2v) is 3.26. The standard InChI is InChI=1S/C8H6N2O2S/c11-8(12)7-3-6(9-10-7)5-1-2-13-4-5/h1-4H,(H,9,10)(H,11,12). The molecule has 0 bridgehead atoms. The van der Waals surface area contributed by atoms with Crippen molar-refractivity contribution in [2.75, 3.05) is 0 Å². The van der Waals surface area contributed by atoms with Crippen LogP contribution in [0.5, 0.6) is 0 Å². The van der Waals surface area contributed by atoms with Gasteiger partial charge in [0.05, 0.1) is 5.69 Å². The molecule has 5 heteroatoms. The summed E-state index contributed by atoms with van der Waals surface area (Å²) in [5.41, 5.74) is 1.74. The quantitative estimate of drug-likeness (QED) is 0.766. The van der Waals surface area contributed by atoms with E-state index >= 15 is 0 Å². The van der Waals surface area contributed by atoms with Gasteiger partial charge in [0.1, 0.15) is 0 Å². The SMILES string of the molecule is O=C(O)c1cc(-c2ccsc2)[nH]n1. The highest BCUT2D eigenvalue weighted by molar-refractivity contribution is 7.08. The molecule has 0 unspecified atom stereocenters. The molecule has 0 amide bonds. The third-order valence-corrected chi connectivity index (χ3v) is 2.31. The minimum absolute atomic E-state index is 0.0428. The Kier molecular flexibility index (Phi) is 1.86. The third-order valence-electron chi connectivity index (χ3n) is 1.63. The van der Waals surface area contributed by atoms with E-state index in [4.69, 9.17) is 5.11 Å². The molecular formula is C8H6N2O2S. The van der Waals surface area contributed by atoms with Gasteiger partial charge >= 0.3 is 5.97 Å². The predicted octanol–water partition coefficient (Wildman–Crippen LogP) is 1.84. The summed E-state index contributed by atoms with van der Waals surface area (Å²) in [6.07, 6.45) is 0. The van der Waals surface area contributed by atoms with Crippen molar-refractivity contribution in [3.63, 3.8) is 0 Å². The fraction of sp³-hybridized carbons (Fsp3) is 0. The zero-order chi connectivity index (χ0) is 9.26. The van der Waals surface area contributed by atoms with Crippen molar-refractivity contribution in [2.45, 2.75) is 0 Å². The Morgan fingerprint density at radius 3 is 3.00 bits per heavy atom. The molecule has 0 saturated carbocycles. The molecule has 66 valence electrons. The molecule has 2 N–H and O–H groups in total. The summed E-state index contributed by atoms with van der Waals surface area (Å²) in [5.74, 6) is -1.02. The van der Waals surface area contributed by atoms with Gasteiger partial charge in [0.25, 0.3) is 0 Å². The molecule has 0 fully saturated rings. The van der Waals surface area contributed by atoms with E-state index in [-0.39, 0.29) is 5.69 Å². The molecule has 2 aromatic heterocycles. The summed E-state index contributed by atoms with van der Waals surface area (Å²) in [6, 6.07) is 3.42. The Balaban J connectivity index is 2.39. The molecule has 0 radical (unpaired) electrons. The lowest BCUT2D eigenvalue weighted by atomic mass is 10.2. The molecule has 0 aliphatic carbocycles. The Hall–Kier alpha value is -1.62. The molecule has 0 aliphatic rings. The van der Waals surface area contributed by atoms with E-state index in [1.54, 1.807) is 11.3 Å². The number of carboxylic acid groups (broad SMARTS) is 1. The van der Waals surface area contributed by atoms with Crippen LogP contribution in [0, 0.1) is 0 Å². The first-order valence-corrected chi connectivity index (χ1v) is 4.53. The average molecular weight is 194 g/mol. The molecule has 2 aromatic rings. The van der Waals surface area contributed by atoms with E-state index in [9.17, 15) is 4.79 Å². The number of nitrogens with one attached hydrogen (secondary N) is 1. The monoisotopic (exact) mass is 194 g/mol. The van der Waals surface area contributed by atoms with Crippen LogP contribution in [0.4, 0.5) is 0 Å². The number of hydrogen-bond acceptors (Lipinski definition) is 3. The molecule has 0 atom stereocenters. The second-order valence-electron chi connectivity index (χ2n) is 2.48. The number of thiophene rings is 1.